The predicted molar refractivity (Wildman–Crippen MR) is 93.3 cm³/mol. The van der Waals surface area contributed by atoms with E-state index >= 15 is 0 Å². The van der Waals surface area contributed by atoms with Crippen LogP contribution in [0.1, 0.15) is 19.8 Å². The third-order valence-corrected chi connectivity index (χ3v) is 2.49. The Hall–Kier alpha value is -1.66. The zero-order valence-electron chi connectivity index (χ0n) is 15.3. The number of hydrogen-bond donors (Lipinski definition) is 0. The molecular weight excluding hydrogens is 296 g/mol. The number of carbonyl (C=O) groups excluding carboxylic acids is 2. The van der Waals surface area contributed by atoms with Crippen molar-refractivity contribution in [3.63, 3.8) is 0 Å². The zero-order valence-corrected chi connectivity index (χ0v) is 15.3. The molecule has 23 heavy (non-hydrogen) atoms. The molecule has 0 saturated heterocycles. The number of hydrogen-bond acceptors (Lipinski definition) is 6. The minimum Gasteiger partial charge on any atom is -0.462 e. The van der Waals surface area contributed by atoms with Crippen LogP contribution < -0.4 is 0 Å². The fourth-order valence-corrected chi connectivity index (χ4v) is 1.28. The fourth-order valence-electron chi connectivity index (χ4n) is 1.28. The lowest BCUT2D eigenvalue weighted by Gasteiger charge is -2.09. The summed E-state index contributed by atoms with van der Waals surface area (Å²) in [4.78, 5) is 25.4. The highest BCUT2D eigenvalue weighted by Crippen LogP contribution is 1.93. The third kappa shape index (κ3) is 20.3. The van der Waals surface area contributed by atoms with Gasteiger partial charge in [0.05, 0.1) is 13.2 Å². The van der Waals surface area contributed by atoms with Gasteiger partial charge in [-0.25, -0.2) is 9.59 Å². The van der Waals surface area contributed by atoms with Crippen LogP contribution in [-0.4, -0.2) is 76.2 Å². The van der Waals surface area contributed by atoms with Gasteiger partial charge in [-0.1, -0.05) is 13.2 Å². The molecule has 0 radical (unpaired) electrons. The van der Waals surface area contributed by atoms with E-state index in [4.69, 9.17) is 9.47 Å². The average molecular weight is 328 g/mol. The summed E-state index contributed by atoms with van der Waals surface area (Å²) in [5.41, 5.74) is 0.458. The highest BCUT2D eigenvalue weighted by Gasteiger charge is 2.01. The molecule has 6 heteroatoms. The van der Waals surface area contributed by atoms with Crippen molar-refractivity contribution < 1.29 is 19.1 Å². The van der Waals surface area contributed by atoms with Crippen LogP contribution in [0.4, 0.5) is 0 Å². The van der Waals surface area contributed by atoms with Gasteiger partial charge in [0, 0.05) is 24.7 Å². The van der Waals surface area contributed by atoms with Gasteiger partial charge in [0.1, 0.15) is 0 Å². The van der Waals surface area contributed by atoms with Crippen molar-refractivity contribution in [2.45, 2.75) is 19.8 Å². The Labute approximate surface area is 140 Å². The van der Waals surface area contributed by atoms with Crippen molar-refractivity contribution >= 4 is 11.9 Å². The van der Waals surface area contributed by atoms with Crippen molar-refractivity contribution in [3.8, 4) is 0 Å². The van der Waals surface area contributed by atoms with Crippen LogP contribution in [0, 0.1) is 0 Å². The van der Waals surface area contributed by atoms with E-state index in [-0.39, 0.29) is 11.9 Å². The van der Waals surface area contributed by atoms with E-state index in [2.05, 4.69) is 18.1 Å². The number of ether oxygens (including phenoxy) is 2. The first-order valence-corrected chi connectivity index (χ1v) is 7.62. The molecule has 0 rings (SSSR count). The van der Waals surface area contributed by atoms with Crippen LogP contribution in [0.2, 0.25) is 0 Å². The molecule has 0 aromatic rings. The van der Waals surface area contributed by atoms with E-state index < -0.39 is 0 Å². The Morgan fingerprint density at radius 3 is 1.74 bits per heavy atom. The molecule has 0 aliphatic carbocycles. The second-order valence-corrected chi connectivity index (χ2v) is 5.60. The molecule has 0 amide bonds. The first kappa shape index (κ1) is 23.6. The number of carbonyl (C=O) groups is 2. The van der Waals surface area contributed by atoms with Crippen LogP contribution in [0.5, 0.6) is 0 Å². The van der Waals surface area contributed by atoms with Crippen molar-refractivity contribution in [3.05, 3.63) is 24.8 Å². The van der Waals surface area contributed by atoms with Gasteiger partial charge in [-0.05, 0) is 48.0 Å². The van der Waals surface area contributed by atoms with Gasteiger partial charge in [-0.15, -0.1) is 0 Å². The first-order valence-electron chi connectivity index (χ1n) is 7.62. The molecule has 0 fully saturated rings. The Morgan fingerprint density at radius 2 is 1.39 bits per heavy atom. The quantitative estimate of drug-likeness (QED) is 0.346. The van der Waals surface area contributed by atoms with Crippen LogP contribution in [0.25, 0.3) is 0 Å². The van der Waals surface area contributed by atoms with Crippen LogP contribution in [-0.2, 0) is 19.1 Å². The van der Waals surface area contributed by atoms with E-state index in [1.807, 2.05) is 33.1 Å². The van der Waals surface area contributed by atoms with Crippen LogP contribution >= 0.6 is 0 Å². The summed E-state index contributed by atoms with van der Waals surface area (Å²) in [5.74, 6) is -0.641. The van der Waals surface area contributed by atoms with Gasteiger partial charge in [0.25, 0.3) is 0 Å². The average Bonchev–Trinajstić information content (AvgIpc) is 2.47. The third-order valence-electron chi connectivity index (χ3n) is 2.49. The number of nitrogens with zero attached hydrogens (tertiary/aromatic N) is 2. The number of rotatable bonds is 10. The molecule has 6 nitrogen and oxygen atoms in total. The normalized spacial score (nSPS) is 9.87. The van der Waals surface area contributed by atoms with Crippen molar-refractivity contribution in [1.29, 1.82) is 0 Å². The molecule has 0 atom stereocenters. The molecule has 0 aliphatic rings. The molecule has 0 N–H and O–H groups in total. The molecule has 0 unspecified atom stereocenters. The molecule has 0 aromatic carbocycles. The van der Waals surface area contributed by atoms with E-state index in [0.717, 1.165) is 25.9 Å². The summed E-state index contributed by atoms with van der Waals surface area (Å²) in [6.45, 7) is 11.2. The summed E-state index contributed by atoms with van der Waals surface area (Å²) in [6, 6.07) is 0. The van der Waals surface area contributed by atoms with Crippen LogP contribution in [0.3, 0.4) is 0 Å². The molecule has 134 valence electrons. The van der Waals surface area contributed by atoms with E-state index in [1.165, 1.54) is 6.08 Å². The Bertz CT molecular complexity index is 366. The molecule has 0 spiro atoms. The molecule has 0 heterocycles. The van der Waals surface area contributed by atoms with Crippen molar-refractivity contribution in [2.24, 2.45) is 0 Å². The molecule has 0 aliphatic heterocycles. The summed E-state index contributed by atoms with van der Waals surface area (Å²) in [7, 11) is 7.94. The lowest BCUT2D eigenvalue weighted by Crippen LogP contribution is -2.16. The topological polar surface area (TPSA) is 59.1 Å². The maximum absolute atomic E-state index is 10.9. The lowest BCUT2D eigenvalue weighted by atomic mass is 10.3. The summed E-state index contributed by atoms with van der Waals surface area (Å²) >= 11 is 0. The lowest BCUT2D eigenvalue weighted by molar-refractivity contribution is -0.139. The standard InChI is InChI=1S/C9H17NO2.C8H15NO2/c1-8(2)9(11)12-7-5-6-10(3)4;1-4-8(10)11-7-5-6-9(2)3/h1,5-7H2,2-4H3;4H,1,5-7H2,2-3H3. The van der Waals surface area contributed by atoms with Gasteiger partial charge >= 0.3 is 11.9 Å². The van der Waals surface area contributed by atoms with Crippen molar-refractivity contribution in [1.82, 2.24) is 9.80 Å². The van der Waals surface area contributed by atoms with Gasteiger partial charge in [-0.3, -0.25) is 0 Å². The van der Waals surface area contributed by atoms with E-state index in [9.17, 15) is 9.59 Å². The minimum absolute atomic E-state index is 0.297. The van der Waals surface area contributed by atoms with E-state index in [0.29, 0.717) is 18.8 Å². The highest BCUT2D eigenvalue weighted by molar-refractivity contribution is 5.86. The predicted octanol–water partition coefficient (Wildman–Crippen LogP) is 1.72. The van der Waals surface area contributed by atoms with Gasteiger partial charge < -0.3 is 19.3 Å². The summed E-state index contributed by atoms with van der Waals surface area (Å²) in [5, 5.41) is 0. The Morgan fingerprint density at radius 1 is 0.957 bits per heavy atom. The number of esters is 2. The second kappa shape index (κ2) is 15.2. The Kier molecular flexibility index (Phi) is 15.6. The molecular formula is C17H32N2O4. The maximum atomic E-state index is 10.9. The Balaban J connectivity index is 0. The van der Waals surface area contributed by atoms with Gasteiger partial charge in [0.15, 0.2) is 0 Å². The fraction of sp³-hybridized carbons (Fsp3) is 0.647. The van der Waals surface area contributed by atoms with Gasteiger partial charge in [0.2, 0.25) is 0 Å². The molecule has 0 aromatic heterocycles. The smallest absolute Gasteiger partial charge is 0.333 e. The maximum Gasteiger partial charge on any atom is 0.333 e. The largest absolute Gasteiger partial charge is 0.462 e. The summed E-state index contributed by atoms with van der Waals surface area (Å²) in [6.07, 6.45) is 2.91. The van der Waals surface area contributed by atoms with Crippen molar-refractivity contribution in [2.75, 3.05) is 54.5 Å². The van der Waals surface area contributed by atoms with E-state index in [1.54, 1.807) is 6.92 Å². The van der Waals surface area contributed by atoms with Crippen LogP contribution in [0.15, 0.2) is 24.8 Å². The molecule has 0 saturated carbocycles. The van der Waals surface area contributed by atoms with Gasteiger partial charge in [-0.2, -0.15) is 0 Å². The highest BCUT2D eigenvalue weighted by atomic mass is 16.5. The monoisotopic (exact) mass is 328 g/mol. The SMILES string of the molecule is C=C(C)C(=O)OCCCN(C)C.C=CC(=O)OCCCN(C)C. The summed E-state index contributed by atoms with van der Waals surface area (Å²) < 4.78 is 9.65. The first-order chi connectivity index (χ1) is 10.7. The minimum atomic E-state index is -0.344. The zero-order chi connectivity index (χ0) is 18.3. The molecule has 0 bridgehead atoms. The second-order valence-electron chi connectivity index (χ2n) is 5.60.